The van der Waals surface area contributed by atoms with Gasteiger partial charge in [0.05, 0.1) is 0 Å². The van der Waals surface area contributed by atoms with Crippen LogP contribution in [0.1, 0.15) is 25.8 Å². The zero-order valence-corrected chi connectivity index (χ0v) is 13.7. The predicted octanol–water partition coefficient (Wildman–Crippen LogP) is 3.12. The van der Waals surface area contributed by atoms with Gasteiger partial charge in [-0.25, -0.2) is 4.98 Å². The lowest BCUT2D eigenvalue weighted by molar-refractivity contribution is 0.632. The largest absolute Gasteiger partial charge is 0.350 e. The number of aromatic amines is 1. The summed E-state index contributed by atoms with van der Waals surface area (Å²) in [6, 6.07) is 6.21. The number of anilines is 3. The molecule has 122 valence electrons. The molecule has 0 amide bonds. The first-order chi connectivity index (χ1) is 11.7. The Hall–Kier alpha value is -2.96. The third-order valence-electron chi connectivity index (χ3n) is 4.36. The fourth-order valence-electron chi connectivity index (χ4n) is 2.83. The third kappa shape index (κ3) is 2.58. The molecule has 0 aliphatic carbocycles. The molecule has 24 heavy (non-hydrogen) atoms. The van der Waals surface area contributed by atoms with Crippen molar-refractivity contribution in [1.29, 1.82) is 0 Å². The normalized spacial score (nSPS) is 14.7. The van der Waals surface area contributed by atoms with Crippen LogP contribution in [-0.2, 0) is 0 Å². The molecule has 1 aromatic carbocycles. The standard InChI is InChI=1S/C17H19N7/c1-3-11(2)24-8-4-5-12-10-18-17(20-16(12)24)19-13-6-7-14-15(9-13)22-23-21-14/h4-7,9-11H,3,8H2,1-2H3,(H,18,19,20)(H,21,22,23). The highest BCUT2D eigenvalue weighted by Crippen LogP contribution is 2.27. The minimum absolute atomic E-state index is 0.433. The maximum absolute atomic E-state index is 4.74. The molecular formula is C17H19N7. The average molecular weight is 321 g/mol. The van der Waals surface area contributed by atoms with E-state index >= 15 is 0 Å². The molecule has 2 N–H and O–H groups in total. The van der Waals surface area contributed by atoms with Gasteiger partial charge in [-0.1, -0.05) is 19.1 Å². The fourth-order valence-corrected chi connectivity index (χ4v) is 2.83. The summed E-state index contributed by atoms with van der Waals surface area (Å²) in [5, 5.41) is 14.0. The van der Waals surface area contributed by atoms with Gasteiger partial charge in [0.2, 0.25) is 5.95 Å². The highest BCUT2D eigenvalue weighted by Gasteiger charge is 2.20. The van der Waals surface area contributed by atoms with Gasteiger partial charge in [-0.15, -0.1) is 0 Å². The van der Waals surface area contributed by atoms with E-state index in [1.54, 1.807) is 0 Å². The number of fused-ring (bicyclic) bond motifs is 2. The molecule has 1 unspecified atom stereocenters. The Bertz CT molecular complexity index is 899. The van der Waals surface area contributed by atoms with Gasteiger partial charge in [-0.05, 0) is 31.5 Å². The Kier molecular flexibility index (Phi) is 3.60. The minimum atomic E-state index is 0.433. The third-order valence-corrected chi connectivity index (χ3v) is 4.36. The molecule has 7 heteroatoms. The van der Waals surface area contributed by atoms with Crippen molar-refractivity contribution in [2.45, 2.75) is 26.3 Å². The van der Waals surface area contributed by atoms with Crippen molar-refractivity contribution in [3.8, 4) is 0 Å². The number of aromatic nitrogens is 5. The Labute approximate surface area is 139 Å². The van der Waals surface area contributed by atoms with Crippen LogP contribution in [0.2, 0.25) is 0 Å². The maximum atomic E-state index is 4.74. The molecule has 3 heterocycles. The second-order valence-corrected chi connectivity index (χ2v) is 5.94. The molecular weight excluding hydrogens is 302 g/mol. The van der Waals surface area contributed by atoms with Gasteiger partial charge in [0.1, 0.15) is 16.9 Å². The van der Waals surface area contributed by atoms with E-state index in [9.17, 15) is 0 Å². The monoisotopic (exact) mass is 321 g/mol. The second kappa shape index (κ2) is 5.92. The SMILES string of the molecule is CCC(C)N1CC=Cc2cnc(Nc3ccc4n[nH]nc4c3)nc21. The number of nitrogens with zero attached hydrogens (tertiary/aromatic N) is 5. The quantitative estimate of drug-likeness (QED) is 0.768. The average Bonchev–Trinajstić information content (AvgIpc) is 3.08. The van der Waals surface area contributed by atoms with Gasteiger partial charge in [-0.2, -0.15) is 20.4 Å². The van der Waals surface area contributed by atoms with Crippen LogP contribution in [-0.4, -0.2) is 38.0 Å². The van der Waals surface area contributed by atoms with Gasteiger partial charge >= 0.3 is 0 Å². The summed E-state index contributed by atoms with van der Waals surface area (Å²) in [5.74, 6) is 1.56. The topological polar surface area (TPSA) is 82.6 Å². The van der Waals surface area contributed by atoms with Gasteiger partial charge in [0.15, 0.2) is 0 Å². The minimum Gasteiger partial charge on any atom is -0.350 e. The van der Waals surface area contributed by atoms with Crippen molar-refractivity contribution in [1.82, 2.24) is 25.4 Å². The molecule has 0 spiro atoms. The van der Waals surface area contributed by atoms with E-state index in [0.29, 0.717) is 12.0 Å². The lowest BCUT2D eigenvalue weighted by atomic mass is 10.1. The summed E-state index contributed by atoms with van der Waals surface area (Å²) in [5.41, 5.74) is 3.58. The van der Waals surface area contributed by atoms with Gasteiger partial charge in [-0.3, -0.25) is 0 Å². The molecule has 0 saturated heterocycles. The molecule has 1 atom stereocenters. The van der Waals surface area contributed by atoms with E-state index in [4.69, 9.17) is 4.98 Å². The molecule has 2 aromatic heterocycles. The molecule has 1 aliphatic rings. The van der Waals surface area contributed by atoms with Crippen molar-refractivity contribution in [3.05, 3.63) is 36.0 Å². The summed E-state index contributed by atoms with van der Waals surface area (Å²) in [6.45, 7) is 5.29. The van der Waals surface area contributed by atoms with Gasteiger partial charge < -0.3 is 10.2 Å². The highest BCUT2D eigenvalue weighted by atomic mass is 15.3. The van der Waals surface area contributed by atoms with Crippen LogP contribution in [0.15, 0.2) is 30.5 Å². The number of hydrogen-bond donors (Lipinski definition) is 2. The first-order valence-electron chi connectivity index (χ1n) is 8.12. The van der Waals surface area contributed by atoms with E-state index in [1.807, 2.05) is 24.4 Å². The molecule has 0 saturated carbocycles. The molecule has 0 fully saturated rings. The predicted molar refractivity (Wildman–Crippen MR) is 95.3 cm³/mol. The summed E-state index contributed by atoms with van der Waals surface area (Å²) in [6.07, 6.45) is 7.18. The number of benzene rings is 1. The first kappa shape index (κ1) is 14.6. The van der Waals surface area contributed by atoms with Crippen LogP contribution in [0.5, 0.6) is 0 Å². The van der Waals surface area contributed by atoms with Crippen molar-refractivity contribution in [2.75, 3.05) is 16.8 Å². The molecule has 0 radical (unpaired) electrons. The van der Waals surface area contributed by atoms with E-state index in [-0.39, 0.29) is 0 Å². The Balaban J connectivity index is 1.65. The number of hydrogen-bond acceptors (Lipinski definition) is 6. The molecule has 4 rings (SSSR count). The molecule has 3 aromatic rings. The van der Waals surface area contributed by atoms with Crippen LogP contribution in [0.25, 0.3) is 17.1 Å². The smallest absolute Gasteiger partial charge is 0.229 e. The Morgan fingerprint density at radius 1 is 1.29 bits per heavy atom. The Morgan fingerprint density at radius 2 is 2.17 bits per heavy atom. The highest BCUT2D eigenvalue weighted by molar-refractivity contribution is 5.79. The summed E-state index contributed by atoms with van der Waals surface area (Å²) in [7, 11) is 0. The molecule has 1 aliphatic heterocycles. The van der Waals surface area contributed by atoms with Crippen molar-refractivity contribution in [3.63, 3.8) is 0 Å². The first-order valence-corrected chi connectivity index (χ1v) is 8.12. The molecule has 0 bridgehead atoms. The van der Waals surface area contributed by atoms with Crippen LogP contribution in [0.3, 0.4) is 0 Å². The van der Waals surface area contributed by atoms with E-state index in [2.05, 4.69) is 56.6 Å². The summed E-state index contributed by atoms with van der Waals surface area (Å²) < 4.78 is 0. The number of H-pyrrole nitrogens is 1. The number of nitrogens with one attached hydrogen (secondary N) is 2. The maximum Gasteiger partial charge on any atom is 0.229 e. The van der Waals surface area contributed by atoms with Crippen LogP contribution >= 0.6 is 0 Å². The van der Waals surface area contributed by atoms with Gasteiger partial charge in [0, 0.05) is 30.0 Å². The lowest BCUT2D eigenvalue weighted by Crippen LogP contribution is -2.35. The van der Waals surface area contributed by atoms with Crippen molar-refractivity contribution < 1.29 is 0 Å². The van der Waals surface area contributed by atoms with Crippen molar-refractivity contribution >= 4 is 34.6 Å². The lowest BCUT2D eigenvalue weighted by Gasteiger charge is -2.32. The Morgan fingerprint density at radius 3 is 3.04 bits per heavy atom. The van der Waals surface area contributed by atoms with Crippen LogP contribution in [0, 0.1) is 0 Å². The summed E-state index contributed by atoms with van der Waals surface area (Å²) in [4.78, 5) is 11.5. The van der Waals surface area contributed by atoms with Crippen LogP contribution in [0.4, 0.5) is 17.5 Å². The van der Waals surface area contributed by atoms with E-state index in [1.165, 1.54) is 0 Å². The fraction of sp³-hybridized carbons (Fsp3) is 0.294. The van der Waals surface area contributed by atoms with E-state index in [0.717, 1.165) is 41.1 Å². The van der Waals surface area contributed by atoms with Gasteiger partial charge in [0.25, 0.3) is 0 Å². The zero-order chi connectivity index (χ0) is 16.5. The van der Waals surface area contributed by atoms with Crippen molar-refractivity contribution in [2.24, 2.45) is 0 Å². The molecule has 7 nitrogen and oxygen atoms in total. The summed E-state index contributed by atoms with van der Waals surface area (Å²) >= 11 is 0. The van der Waals surface area contributed by atoms with E-state index < -0.39 is 0 Å². The van der Waals surface area contributed by atoms with Crippen LogP contribution < -0.4 is 10.2 Å². The zero-order valence-electron chi connectivity index (χ0n) is 13.7. The number of rotatable bonds is 4. The second-order valence-electron chi connectivity index (χ2n) is 5.94.